The number of rotatable bonds is 17. The molecule has 0 fully saturated rings. The van der Waals surface area contributed by atoms with Crippen molar-refractivity contribution in [1.82, 2.24) is 4.90 Å². The van der Waals surface area contributed by atoms with Gasteiger partial charge < -0.3 is 27.8 Å². The van der Waals surface area contributed by atoms with E-state index in [2.05, 4.69) is 4.99 Å². The van der Waals surface area contributed by atoms with Crippen molar-refractivity contribution in [3.05, 3.63) is 0 Å². The van der Waals surface area contributed by atoms with Gasteiger partial charge in [0.2, 0.25) is 0 Å². The molecule has 0 spiro atoms. The smallest absolute Gasteiger partial charge is 0.188 e. The van der Waals surface area contributed by atoms with E-state index in [1.54, 1.807) is 0 Å². The van der Waals surface area contributed by atoms with Crippen molar-refractivity contribution in [2.24, 2.45) is 27.9 Å². The average Bonchev–Trinajstić information content (AvgIpc) is 2.57. The maximum Gasteiger partial charge on any atom is 0.188 e. The SMILES string of the molecule is N=C(N)N(CCCCCCCCN)CCCCCCCCN=C(N)N. The second-order valence-electron chi connectivity index (χ2n) is 6.71. The number of hydrogen-bond acceptors (Lipinski definition) is 3. The molecule has 0 aliphatic rings. The molecular weight excluding hydrogens is 314 g/mol. The van der Waals surface area contributed by atoms with Crippen LogP contribution in [0.1, 0.15) is 77.0 Å². The third-order valence-electron chi connectivity index (χ3n) is 4.35. The fourth-order valence-electron chi connectivity index (χ4n) is 2.84. The van der Waals surface area contributed by atoms with E-state index in [0.29, 0.717) is 0 Å². The maximum atomic E-state index is 7.71. The zero-order chi connectivity index (χ0) is 18.8. The van der Waals surface area contributed by atoms with Gasteiger partial charge in [-0.05, 0) is 32.2 Å². The Labute approximate surface area is 154 Å². The van der Waals surface area contributed by atoms with Crippen LogP contribution in [0, 0.1) is 5.41 Å². The summed E-state index contributed by atoms with van der Waals surface area (Å²) in [5.74, 6) is 0.389. The lowest BCUT2D eigenvalue weighted by Gasteiger charge is -2.22. The van der Waals surface area contributed by atoms with Crippen molar-refractivity contribution in [2.45, 2.75) is 77.0 Å². The standard InChI is InChI=1S/C18H41N7/c19-13-9-5-1-3-7-11-15-25(18(22)23)16-12-8-4-2-6-10-14-24-17(20)21/h1-16,19H2,(H3,22,23)(H4,20,21,24). The van der Waals surface area contributed by atoms with E-state index in [1.807, 2.05) is 4.90 Å². The molecule has 0 amide bonds. The second kappa shape index (κ2) is 17.3. The van der Waals surface area contributed by atoms with E-state index in [0.717, 1.165) is 58.3 Å². The number of nitrogens with two attached hydrogens (primary N) is 4. The van der Waals surface area contributed by atoms with E-state index in [1.165, 1.54) is 44.9 Å². The van der Waals surface area contributed by atoms with E-state index in [-0.39, 0.29) is 11.9 Å². The van der Waals surface area contributed by atoms with Gasteiger partial charge in [0.15, 0.2) is 11.9 Å². The minimum absolute atomic E-state index is 0.180. The van der Waals surface area contributed by atoms with Crippen LogP contribution in [0.3, 0.4) is 0 Å². The molecule has 7 nitrogen and oxygen atoms in total. The molecule has 0 unspecified atom stereocenters. The minimum atomic E-state index is 0.180. The molecular formula is C18H41N7. The summed E-state index contributed by atoms with van der Waals surface area (Å²) in [6, 6.07) is 0. The Hall–Kier alpha value is -1.50. The Morgan fingerprint density at radius 2 is 1.12 bits per heavy atom. The molecule has 0 atom stereocenters. The summed E-state index contributed by atoms with van der Waals surface area (Å²) in [6.07, 6.45) is 14.1. The third-order valence-corrected chi connectivity index (χ3v) is 4.35. The van der Waals surface area contributed by atoms with Gasteiger partial charge in [-0.3, -0.25) is 10.4 Å². The summed E-state index contributed by atoms with van der Waals surface area (Å²) < 4.78 is 0. The highest BCUT2D eigenvalue weighted by molar-refractivity contribution is 5.75. The first kappa shape index (κ1) is 23.5. The molecule has 0 radical (unpaired) electrons. The summed E-state index contributed by atoms with van der Waals surface area (Å²) in [7, 11) is 0. The second-order valence-corrected chi connectivity index (χ2v) is 6.71. The molecule has 9 N–H and O–H groups in total. The van der Waals surface area contributed by atoms with Crippen LogP contribution < -0.4 is 22.9 Å². The Morgan fingerprint density at radius 3 is 1.56 bits per heavy atom. The van der Waals surface area contributed by atoms with Gasteiger partial charge >= 0.3 is 0 Å². The van der Waals surface area contributed by atoms with E-state index < -0.39 is 0 Å². The van der Waals surface area contributed by atoms with Crippen LogP contribution in [0.25, 0.3) is 0 Å². The fourth-order valence-corrected chi connectivity index (χ4v) is 2.84. The largest absolute Gasteiger partial charge is 0.370 e. The molecule has 7 heteroatoms. The number of guanidine groups is 2. The molecule has 0 heterocycles. The van der Waals surface area contributed by atoms with E-state index >= 15 is 0 Å². The highest BCUT2D eigenvalue weighted by Crippen LogP contribution is 2.09. The zero-order valence-corrected chi connectivity index (χ0v) is 16.0. The lowest BCUT2D eigenvalue weighted by molar-refractivity contribution is 0.378. The Bertz CT molecular complexity index is 340. The average molecular weight is 356 g/mol. The van der Waals surface area contributed by atoms with Crippen LogP contribution in [0.15, 0.2) is 4.99 Å². The van der Waals surface area contributed by atoms with Crippen LogP contribution in [0.5, 0.6) is 0 Å². The van der Waals surface area contributed by atoms with Crippen molar-refractivity contribution in [2.75, 3.05) is 26.2 Å². The van der Waals surface area contributed by atoms with Gasteiger partial charge in [0, 0.05) is 19.6 Å². The number of nitrogens with one attached hydrogen (secondary N) is 1. The Balaban J connectivity index is 3.54. The fraction of sp³-hybridized carbons (Fsp3) is 0.889. The summed E-state index contributed by atoms with van der Waals surface area (Å²) in [4.78, 5) is 5.99. The topological polar surface area (TPSA) is 144 Å². The van der Waals surface area contributed by atoms with Crippen LogP contribution in [-0.2, 0) is 0 Å². The molecule has 148 valence electrons. The molecule has 0 saturated heterocycles. The van der Waals surface area contributed by atoms with Gasteiger partial charge in [-0.25, -0.2) is 0 Å². The van der Waals surface area contributed by atoms with Gasteiger partial charge in [-0.1, -0.05) is 51.4 Å². The van der Waals surface area contributed by atoms with Gasteiger partial charge in [-0.2, -0.15) is 0 Å². The van der Waals surface area contributed by atoms with Crippen molar-refractivity contribution in [1.29, 1.82) is 5.41 Å². The Kier molecular flexibility index (Phi) is 16.3. The van der Waals surface area contributed by atoms with E-state index in [4.69, 9.17) is 28.3 Å². The zero-order valence-electron chi connectivity index (χ0n) is 16.0. The minimum Gasteiger partial charge on any atom is -0.370 e. The van der Waals surface area contributed by atoms with Crippen LogP contribution in [0.4, 0.5) is 0 Å². The first-order chi connectivity index (χ1) is 12.1. The van der Waals surface area contributed by atoms with Crippen LogP contribution in [-0.4, -0.2) is 43.0 Å². The van der Waals surface area contributed by atoms with Gasteiger partial charge in [0.25, 0.3) is 0 Å². The van der Waals surface area contributed by atoms with Crippen molar-refractivity contribution < 1.29 is 0 Å². The lowest BCUT2D eigenvalue weighted by atomic mass is 10.1. The van der Waals surface area contributed by atoms with Crippen LogP contribution in [0.2, 0.25) is 0 Å². The van der Waals surface area contributed by atoms with Gasteiger partial charge in [0.1, 0.15) is 0 Å². The highest BCUT2D eigenvalue weighted by atomic mass is 15.2. The molecule has 0 aromatic rings. The maximum absolute atomic E-state index is 7.71. The molecule has 0 saturated carbocycles. The molecule has 0 aliphatic heterocycles. The number of aliphatic imine (C=N–C) groups is 1. The first-order valence-electron chi connectivity index (χ1n) is 9.92. The number of unbranched alkanes of at least 4 members (excludes halogenated alkanes) is 10. The normalized spacial score (nSPS) is 10.6. The van der Waals surface area contributed by atoms with Crippen LogP contribution >= 0.6 is 0 Å². The summed E-state index contributed by atoms with van der Waals surface area (Å²) in [6.45, 7) is 3.34. The number of hydrogen-bond donors (Lipinski definition) is 5. The monoisotopic (exact) mass is 355 g/mol. The van der Waals surface area contributed by atoms with E-state index in [9.17, 15) is 0 Å². The Morgan fingerprint density at radius 1 is 0.680 bits per heavy atom. The molecule has 0 aromatic carbocycles. The molecule has 0 rings (SSSR count). The third kappa shape index (κ3) is 17.1. The highest BCUT2D eigenvalue weighted by Gasteiger charge is 2.05. The van der Waals surface area contributed by atoms with Crippen molar-refractivity contribution in [3.8, 4) is 0 Å². The lowest BCUT2D eigenvalue weighted by Crippen LogP contribution is -2.37. The molecule has 0 bridgehead atoms. The first-order valence-corrected chi connectivity index (χ1v) is 9.92. The van der Waals surface area contributed by atoms with Gasteiger partial charge in [0.05, 0.1) is 0 Å². The predicted octanol–water partition coefficient (Wildman–Crippen LogP) is 2.10. The molecule has 25 heavy (non-hydrogen) atoms. The quantitative estimate of drug-likeness (QED) is 0.154. The van der Waals surface area contributed by atoms with Gasteiger partial charge in [-0.15, -0.1) is 0 Å². The number of nitrogens with zero attached hydrogens (tertiary/aromatic N) is 2. The summed E-state index contributed by atoms with van der Waals surface area (Å²) >= 11 is 0. The summed E-state index contributed by atoms with van der Waals surface area (Å²) in [5.41, 5.74) is 21.8. The molecule has 0 aromatic heterocycles. The van der Waals surface area contributed by atoms with Crippen molar-refractivity contribution >= 4 is 11.9 Å². The molecule has 0 aliphatic carbocycles. The predicted molar refractivity (Wildman–Crippen MR) is 109 cm³/mol. The van der Waals surface area contributed by atoms with Crippen molar-refractivity contribution in [3.63, 3.8) is 0 Å². The summed E-state index contributed by atoms with van der Waals surface area (Å²) in [5, 5.41) is 7.71.